The minimum atomic E-state index is -0.0686. The van der Waals surface area contributed by atoms with E-state index in [0.717, 1.165) is 30.5 Å². The second kappa shape index (κ2) is 8.18. The number of halogens is 2. The van der Waals surface area contributed by atoms with Gasteiger partial charge in [0.1, 0.15) is 0 Å². The van der Waals surface area contributed by atoms with Crippen molar-refractivity contribution in [1.82, 2.24) is 10.3 Å². The van der Waals surface area contributed by atoms with E-state index < -0.39 is 0 Å². The number of anilines is 1. The molecule has 0 bridgehead atoms. The molecule has 1 amide bonds. The zero-order valence-corrected chi connectivity index (χ0v) is 14.5. The molecular formula is C17H21Cl2N3O. The van der Waals surface area contributed by atoms with Gasteiger partial charge in [0.2, 0.25) is 0 Å². The second-order valence-corrected chi connectivity index (χ2v) is 5.63. The number of nitrogen functional groups attached to an aromatic ring is 1. The molecule has 6 heteroatoms. The van der Waals surface area contributed by atoms with E-state index in [1.54, 1.807) is 12.4 Å². The van der Waals surface area contributed by atoms with E-state index in [-0.39, 0.29) is 36.8 Å². The van der Waals surface area contributed by atoms with Crippen LogP contribution in [0.5, 0.6) is 0 Å². The number of nitrogens with zero attached hydrogens (tertiary/aromatic N) is 1. The monoisotopic (exact) mass is 353 g/mol. The number of carbonyl (C=O) groups is 1. The largest absolute Gasteiger partial charge is 0.399 e. The summed E-state index contributed by atoms with van der Waals surface area (Å²) in [6.45, 7) is 1.93. The Bertz CT molecular complexity index is 691. The highest BCUT2D eigenvalue weighted by molar-refractivity contribution is 5.94. The van der Waals surface area contributed by atoms with Crippen LogP contribution in [0.4, 0.5) is 5.69 Å². The number of benzene rings is 1. The summed E-state index contributed by atoms with van der Waals surface area (Å²) in [6, 6.07) is 7.86. The summed E-state index contributed by atoms with van der Waals surface area (Å²) in [5.41, 5.74) is 10.6. The lowest BCUT2D eigenvalue weighted by molar-refractivity contribution is 0.0932. The first-order valence-corrected chi connectivity index (χ1v) is 7.24. The lowest BCUT2D eigenvalue weighted by atomic mass is 9.87. The summed E-state index contributed by atoms with van der Waals surface area (Å²) in [6.07, 6.45) is 6.40. The first kappa shape index (κ1) is 19.3. The van der Waals surface area contributed by atoms with Crippen LogP contribution in [0.1, 0.15) is 45.9 Å². The van der Waals surface area contributed by atoms with Gasteiger partial charge in [-0.25, -0.2) is 0 Å². The smallest absolute Gasteiger partial charge is 0.253 e. The van der Waals surface area contributed by atoms with Crippen molar-refractivity contribution in [3.63, 3.8) is 0 Å². The van der Waals surface area contributed by atoms with E-state index in [9.17, 15) is 4.79 Å². The van der Waals surface area contributed by atoms with Gasteiger partial charge in [-0.2, -0.15) is 0 Å². The van der Waals surface area contributed by atoms with Crippen molar-refractivity contribution in [3.8, 4) is 0 Å². The number of hydrogen-bond acceptors (Lipinski definition) is 3. The number of aromatic nitrogens is 1. The quantitative estimate of drug-likeness (QED) is 0.810. The molecule has 124 valence electrons. The van der Waals surface area contributed by atoms with Gasteiger partial charge in [0, 0.05) is 18.1 Å². The molecule has 1 heterocycles. The first-order valence-electron chi connectivity index (χ1n) is 7.24. The number of nitrogens with one attached hydrogen (secondary N) is 1. The number of fused-ring (bicyclic) bond motifs is 1. The third-order valence-corrected chi connectivity index (χ3v) is 3.92. The number of nitrogens with two attached hydrogens (primary N) is 1. The van der Waals surface area contributed by atoms with E-state index in [2.05, 4.69) is 10.3 Å². The molecule has 23 heavy (non-hydrogen) atoms. The number of carbonyl (C=O) groups excluding carboxylic acids is 1. The lowest BCUT2D eigenvalue weighted by Gasteiger charge is -2.26. The lowest BCUT2D eigenvalue weighted by Crippen LogP contribution is -2.31. The third-order valence-electron chi connectivity index (χ3n) is 3.92. The van der Waals surface area contributed by atoms with Crippen molar-refractivity contribution in [2.45, 2.75) is 32.2 Å². The third kappa shape index (κ3) is 4.36. The van der Waals surface area contributed by atoms with Crippen LogP contribution in [-0.2, 0) is 6.42 Å². The molecule has 0 saturated heterocycles. The molecule has 1 aliphatic carbocycles. The van der Waals surface area contributed by atoms with Crippen LogP contribution in [-0.4, -0.2) is 10.9 Å². The second-order valence-electron chi connectivity index (χ2n) is 5.63. The molecule has 1 unspecified atom stereocenters. The molecule has 3 N–H and O–H groups in total. The maximum Gasteiger partial charge on any atom is 0.253 e. The molecule has 1 aromatic carbocycles. The van der Waals surface area contributed by atoms with E-state index in [1.165, 1.54) is 11.1 Å². The van der Waals surface area contributed by atoms with Gasteiger partial charge >= 0.3 is 0 Å². The minimum Gasteiger partial charge on any atom is -0.399 e. The SMILES string of the molecule is Cc1cncc(C(=O)NC2CCCc3cc(N)ccc32)c1.Cl.Cl. The summed E-state index contributed by atoms with van der Waals surface area (Å²) >= 11 is 0. The molecule has 1 aromatic heterocycles. The van der Waals surface area contributed by atoms with Gasteiger partial charge in [-0.1, -0.05) is 6.07 Å². The molecule has 0 spiro atoms. The number of rotatable bonds is 2. The van der Waals surface area contributed by atoms with Crippen molar-refractivity contribution in [1.29, 1.82) is 0 Å². The van der Waals surface area contributed by atoms with Gasteiger partial charge in [-0.05, 0) is 61.1 Å². The molecule has 1 atom stereocenters. The fraction of sp³-hybridized carbons (Fsp3) is 0.294. The van der Waals surface area contributed by atoms with Crippen molar-refractivity contribution < 1.29 is 4.79 Å². The van der Waals surface area contributed by atoms with E-state index in [0.29, 0.717) is 5.56 Å². The number of amides is 1. The first-order chi connectivity index (χ1) is 10.1. The molecule has 2 aromatic rings. The Morgan fingerprint density at radius 1 is 1.26 bits per heavy atom. The predicted octanol–water partition coefficient (Wildman–Crippen LogP) is 3.62. The maximum absolute atomic E-state index is 12.4. The average Bonchev–Trinajstić information content (AvgIpc) is 2.47. The van der Waals surface area contributed by atoms with E-state index in [4.69, 9.17) is 5.73 Å². The standard InChI is InChI=1S/C17H19N3O.2ClH/c1-11-7-13(10-19-9-11)17(21)20-16-4-2-3-12-8-14(18)5-6-15(12)16;;/h5-10,16H,2-4,18H2,1H3,(H,20,21);2*1H. The summed E-state index contributed by atoms with van der Waals surface area (Å²) in [7, 11) is 0. The zero-order chi connectivity index (χ0) is 14.8. The van der Waals surface area contributed by atoms with Crippen molar-refractivity contribution in [2.24, 2.45) is 0 Å². The molecule has 0 aliphatic heterocycles. The summed E-state index contributed by atoms with van der Waals surface area (Å²) in [5, 5.41) is 3.12. The fourth-order valence-electron chi connectivity index (χ4n) is 2.90. The fourth-order valence-corrected chi connectivity index (χ4v) is 2.90. The molecule has 3 rings (SSSR count). The van der Waals surface area contributed by atoms with Crippen LogP contribution < -0.4 is 11.1 Å². The molecule has 0 saturated carbocycles. The van der Waals surface area contributed by atoms with Crippen molar-refractivity contribution in [2.75, 3.05) is 5.73 Å². The Balaban J connectivity index is 0.00000132. The highest BCUT2D eigenvalue weighted by Gasteiger charge is 2.22. The van der Waals surface area contributed by atoms with Gasteiger partial charge in [0.05, 0.1) is 11.6 Å². The van der Waals surface area contributed by atoms with Crippen molar-refractivity contribution >= 4 is 36.4 Å². The Hall–Kier alpha value is -1.78. The van der Waals surface area contributed by atoms with Crippen LogP contribution in [0.25, 0.3) is 0 Å². The van der Waals surface area contributed by atoms with Crippen LogP contribution >= 0.6 is 24.8 Å². The highest BCUT2D eigenvalue weighted by atomic mass is 35.5. The Kier molecular flexibility index (Phi) is 6.85. The van der Waals surface area contributed by atoms with Gasteiger partial charge in [-0.15, -0.1) is 24.8 Å². The molecular weight excluding hydrogens is 333 g/mol. The Labute approximate surface area is 148 Å². The van der Waals surface area contributed by atoms with E-state index >= 15 is 0 Å². The summed E-state index contributed by atoms with van der Waals surface area (Å²) in [5.74, 6) is -0.0686. The van der Waals surface area contributed by atoms with Crippen molar-refractivity contribution in [3.05, 3.63) is 58.9 Å². The molecule has 0 radical (unpaired) electrons. The highest BCUT2D eigenvalue weighted by Crippen LogP contribution is 2.31. The number of aryl methyl sites for hydroxylation is 2. The van der Waals surface area contributed by atoms with Crippen LogP contribution in [0.15, 0.2) is 36.7 Å². The summed E-state index contributed by atoms with van der Waals surface area (Å²) < 4.78 is 0. The van der Waals surface area contributed by atoms with Gasteiger partial charge < -0.3 is 11.1 Å². The number of hydrogen-bond donors (Lipinski definition) is 2. The molecule has 4 nitrogen and oxygen atoms in total. The number of pyridine rings is 1. The predicted molar refractivity (Wildman–Crippen MR) is 97.5 cm³/mol. The topological polar surface area (TPSA) is 68.0 Å². The zero-order valence-electron chi connectivity index (χ0n) is 12.9. The summed E-state index contributed by atoms with van der Waals surface area (Å²) in [4.78, 5) is 16.4. The maximum atomic E-state index is 12.4. The van der Waals surface area contributed by atoms with Crippen LogP contribution in [0.2, 0.25) is 0 Å². The van der Waals surface area contributed by atoms with Gasteiger partial charge in [-0.3, -0.25) is 9.78 Å². The minimum absolute atomic E-state index is 0. The van der Waals surface area contributed by atoms with Crippen LogP contribution in [0, 0.1) is 6.92 Å². The Morgan fingerprint density at radius 2 is 2.04 bits per heavy atom. The Morgan fingerprint density at radius 3 is 2.78 bits per heavy atom. The molecule has 1 aliphatic rings. The van der Waals surface area contributed by atoms with Gasteiger partial charge in [0.15, 0.2) is 0 Å². The van der Waals surface area contributed by atoms with Gasteiger partial charge in [0.25, 0.3) is 5.91 Å². The average molecular weight is 354 g/mol. The normalized spacial score (nSPS) is 15.6. The van der Waals surface area contributed by atoms with Crippen LogP contribution in [0.3, 0.4) is 0 Å². The van der Waals surface area contributed by atoms with E-state index in [1.807, 2.05) is 31.2 Å². The molecule has 0 fully saturated rings.